The summed E-state index contributed by atoms with van der Waals surface area (Å²) in [6, 6.07) is 2.94. The van der Waals surface area contributed by atoms with E-state index in [1.54, 1.807) is 6.07 Å². The fourth-order valence-electron chi connectivity index (χ4n) is 0.981. The summed E-state index contributed by atoms with van der Waals surface area (Å²) in [6.45, 7) is 0. The van der Waals surface area contributed by atoms with Crippen molar-refractivity contribution in [3.63, 3.8) is 0 Å². The number of benzene rings is 1. The number of aromatic carboxylic acids is 1. The van der Waals surface area contributed by atoms with E-state index >= 15 is 0 Å². The number of rotatable bonds is 2. The standard InChI is InChI=1S/C8H8BrNO3/c1-13-7-5(8(11)12)2-4(10)3-6(7)9/h2-3H,10H2,1H3,(H,11,12). The van der Waals surface area contributed by atoms with Gasteiger partial charge < -0.3 is 15.6 Å². The van der Waals surface area contributed by atoms with Gasteiger partial charge in [-0.25, -0.2) is 4.79 Å². The van der Waals surface area contributed by atoms with Crippen molar-refractivity contribution < 1.29 is 14.6 Å². The summed E-state index contributed by atoms with van der Waals surface area (Å²) in [5, 5.41) is 8.79. The summed E-state index contributed by atoms with van der Waals surface area (Å²) < 4.78 is 5.44. The molecule has 0 saturated heterocycles. The van der Waals surface area contributed by atoms with Gasteiger partial charge in [0, 0.05) is 5.69 Å². The molecule has 0 radical (unpaired) electrons. The number of halogens is 1. The zero-order valence-corrected chi connectivity index (χ0v) is 8.46. The quantitative estimate of drug-likeness (QED) is 0.779. The molecule has 0 aromatic heterocycles. The third-order valence-electron chi connectivity index (χ3n) is 1.50. The number of ether oxygens (including phenoxy) is 1. The molecule has 0 atom stereocenters. The van der Waals surface area contributed by atoms with Crippen LogP contribution >= 0.6 is 15.9 Å². The summed E-state index contributed by atoms with van der Waals surface area (Å²) in [4.78, 5) is 10.7. The Balaban J connectivity index is 3.38. The van der Waals surface area contributed by atoms with Crippen LogP contribution in [0.25, 0.3) is 0 Å². The summed E-state index contributed by atoms with van der Waals surface area (Å²) in [7, 11) is 1.41. The highest BCUT2D eigenvalue weighted by atomic mass is 79.9. The first-order valence-electron chi connectivity index (χ1n) is 3.42. The molecule has 0 saturated carbocycles. The molecule has 1 aromatic rings. The molecule has 4 nitrogen and oxygen atoms in total. The molecular formula is C8H8BrNO3. The second-order valence-corrected chi connectivity index (χ2v) is 3.24. The molecule has 0 aliphatic heterocycles. The minimum Gasteiger partial charge on any atom is -0.495 e. The third kappa shape index (κ3) is 1.92. The van der Waals surface area contributed by atoms with Crippen molar-refractivity contribution in [1.29, 1.82) is 0 Å². The van der Waals surface area contributed by atoms with Crippen LogP contribution in [0.5, 0.6) is 5.75 Å². The Kier molecular flexibility index (Phi) is 2.77. The lowest BCUT2D eigenvalue weighted by molar-refractivity contribution is 0.0693. The molecular weight excluding hydrogens is 238 g/mol. The molecule has 1 aromatic carbocycles. The zero-order valence-electron chi connectivity index (χ0n) is 6.87. The van der Waals surface area contributed by atoms with E-state index in [0.29, 0.717) is 10.2 Å². The van der Waals surface area contributed by atoms with E-state index < -0.39 is 5.97 Å². The fourth-order valence-corrected chi connectivity index (χ4v) is 1.62. The Morgan fingerprint density at radius 3 is 2.69 bits per heavy atom. The summed E-state index contributed by atoms with van der Waals surface area (Å²) >= 11 is 3.16. The Morgan fingerprint density at radius 2 is 2.23 bits per heavy atom. The van der Waals surface area contributed by atoms with Gasteiger partial charge in [0.1, 0.15) is 11.3 Å². The van der Waals surface area contributed by atoms with Gasteiger partial charge in [-0.15, -0.1) is 0 Å². The largest absolute Gasteiger partial charge is 0.495 e. The number of anilines is 1. The molecule has 1 rings (SSSR count). The van der Waals surface area contributed by atoms with Crippen molar-refractivity contribution in [2.45, 2.75) is 0 Å². The van der Waals surface area contributed by atoms with E-state index in [2.05, 4.69) is 15.9 Å². The lowest BCUT2D eigenvalue weighted by Gasteiger charge is -2.07. The smallest absolute Gasteiger partial charge is 0.339 e. The number of carbonyl (C=O) groups is 1. The number of methoxy groups -OCH3 is 1. The van der Waals surface area contributed by atoms with Crippen LogP contribution in [0, 0.1) is 0 Å². The molecule has 0 bridgehead atoms. The van der Waals surface area contributed by atoms with Crippen LogP contribution in [0.15, 0.2) is 16.6 Å². The van der Waals surface area contributed by atoms with Crippen LogP contribution < -0.4 is 10.5 Å². The molecule has 0 unspecified atom stereocenters. The van der Waals surface area contributed by atoms with Crippen LogP contribution in [-0.4, -0.2) is 18.2 Å². The van der Waals surface area contributed by atoms with Crippen molar-refractivity contribution in [2.75, 3.05) is 12.8 Å². The highest BCUT2D eigenvalue weighted by Gasteiger charge is 2.14. The van der Waals surface area contributed by atoms with Crippen molar-refractivity contribution in [3.05, 3.63) is 22.2 Å². The average molecular weight is 246 g/mol. The number of hydrogen-bond acceptors (Lipinski definition) is 3. The van der Waals surface area contributed by atoms with E-state index in [9.17, 15) is 4.79 Å². The second kappa shape index (κ2) is 3.66. The van der Waals surface area contributed by atoms with Crippen molar-refractivity contribution in [2.24, 2.45) is 0 Å². The predicted octanol–water partition coefficient (Wildman–Crippen LogP) is 1.74. The van der Waals surface area contributed by atoms with Crippen LogP contribution in [0.3, 0.4) is 0 Å². The van der Waals surface area contributed by atoms with Gasteiger partial charge in [-0.05, 0) is 28.1 Å². The van der Waals surface area contributed by atoms with Gasteiger partial charge in [0.2, 0.25) is 0 Å². The lowest BCUT2D eigenvalue weighted by Crippen LogP contribution is -2.02. The third-order valence-corrected chi connectivity index (χ3v) is 2.09. The molecule has 0 spiro atoms. The highest BCUT2D eigenvalue weighted by Crippen LogP contribution is 2.31. The molecule has 0 fully saturated rings. The molecule has 0 heterocycles. The monoisotopic (exact) mass is 245 g/mol. The topological polar surface area (TPSA) is 72.5 Å². The van der Waals surface area contributed by atoms with E-state index in [1.807, 2.05) is 0 Å². The van der Waals surface area contributed by atoms with Crippen LogP contribution in [0.4, 0.5) is 5.69 Å². The van der Waals surface area contributed by atoms with Crippen molar-refractivity contribution >= 4 is 27.6 Å². The van der Waals surface area contributed by atoms with Crippen LogP contribution in [0.1, 0.15) is 10.4 Å². The molecule has 70 valence electrons. The Labute approximate surface area is 83.4 Å². The first-order valence-corrected chi connectivity index (χ1v) is 4.22. The summed E-state index contributed by atoms with van der Waals surface area (Å²) in [5.41, 5.74) is 5.90. The minimum absolute atomic E-state index is 0.0503. The van der Waals surface area contributed by atoms with Gasteiger partial charge in [-0.1, -0.05) is 0 Å². The van der Waals surface area contributed by atoms with Crippen LogP contribution in [-0.2, 0) is 0 Å². The maximum absolute atomic E-state index is 10.7. The van der Waals surface area contributed by atoms with Gasteiger partial charge in [-0.2, -0.15) is 0 Å². The summed E-state index contributed by atoms with van der Waals surface area (Å²) in [5.74, 6) is -0.786. The van der Waals surface area contributed by atoms with Gasteiger partial charge in [-0.3, -0.25) is 0 Å². The first kappa shape index (κ1) is 9.85. The van der Waals surface area contributed by atoms with Crippen molar-refractivity contribution in [1.82, 2.24) is 0 Å². The zero-order chi connectivity index (χ0) is 10.0. The van der Waals surface area contributed by atoms with E-state index in [0.717, 1.165) is 0 Å². The van der Waals surface area contributed by atoms with E-state index in [-0.39, 0.29) is 11.3 Å². The Hall–Kier alpha value is -1.23. The second-order valence-electron chi connectivity index (χ2n) is 2.39. The molecule has 0 amide bonds. The number of carboxylic acids is 1. The number of nitrogens with two attached hydrogens (primary N) is 1. The van der Waals surface area contributed by atoms with Gasteiger partial charge in [0.15, 0.2) is 0 Å². The Morgan fingerprint density at radius 1 is 1.62 bits per heavy atom. The van der Waals surface area contributed by atoms with Crippen LogP contribution in [0.2, 0.25) is 0 Å². The molecule has 0 aliphatic rings. The normalized spacial score (nSPS) is 9.69. The summed E-state index contributed by atoms with van der Waals surface area (Å²) in [6.07, 6.45) is 0. The molecule has 5 heteroatoms. The predicted molar refractivity (Wildman–Crippen MR) is 52.1 cm³/mol. The number of nitrogen functional groups attached to an aromatic ring is 1. The van der Waals surface area contributed by atoms with Gasteiger partial charge >= 0.3 is 5.97 Å². The number of hydrogen-bond donors (Lipinski definition) is 2. The van der Waals surface area contributed by atoms with E-state index in [1.165, 1.54) is 13.2 Å². The fraction of sp³-hybridized carbons (Fsp3) is 0.125. The first-order chi connectivity index (χ1) is 6.06. The van der Waals surface area contributed by atoms with E-state index in [4.69, 9.17) is 15.6 Å². The maximum atomic E-state index is 10.7. The van der Waals surface area contributed by atoms with Crippen molar-refractivity contribution in [3.8, 4) is 5.75 Å². The maximum Gasteiger partial charge on any atom is 0.339 e. The Bertz CT molecular complexity index is 351. The molecule has 13 heavy (non-hydrogen) atoms. The van der Waals surface area contributed by atoms with Gasteiger partial charge in [0.05, 0.1) is 11.6 Å². The SMILES string of the molecule is COc1c(Br)cc(N)cc1C(=O)O. The molecule has 3 N–H and O–H groups in total. The molecule has 0 aliphatic carbocycles. The highest BCUT2D eigenvalue weighted by molar-refractivity contribution is 9.10. The lowest BCUT2D eigenvalue weighted by atomic mass is 10.2. The van der Waals surface area contributed by atoms with Gasteiger partial charge in [0.25, 0.3) is 0 Å². The average Bonchev–Trinajstić information content (AvgIpc) is 2.02. The minimum atomic E-state index is -1.06. The number of carboxylic acid groups (broad SMARTS) is 1.